The molecule has 3 rings (SSSR count). The van der Waals surface area contributed by atoms with Gasteiger partial charge in [0.25, 0.3) is 0 Å². The molecule has 2 saturated carbocycles. The van der Waals surface area contributed by atoms with Crippen LogP contribution in [0.25, 0.3) is 0 Å². The zero-order valence-corrected chi connectivity index (χ0v) is 14.3. The summed E-state index contributed by atoms with van der Waals surface area (Å²) in [6, 6.07) is 0. The van der Waals surface area contributed by atoms with E-state index in [1.165, 1.54) is 38.8 Å². The topological polar surface area (TPSA) is 12.0 Å². The van der Waals surface area contributed by atoms with Crippen LogP contribution in [0, 0.1) is 29.6 Å². The highest BCUT2D eigenvalue weighted by Crippen LogP contribution is 2.44. The van der Waals surface area contributed by atoms with Crippen molar-refractivity contribution in [3.05, 3.63) is 0 Å². The number of hydrogen-bond acceptors (Lipinski definition) is 1. The van der Waals surface area contributed by atoms with E-state index in [9.17, 15) is 0 Å². The molecular formula is C20H37N. The Morgan fingerprint density at radius 1 is 0.619 bits per heavy atom. The summed E-state index contributed by atoms with van der Waals surface area (Å²) in [5.74, 6) is 5.43. The number of hydrogen-bond donors (Lipinski definition) is 1. The van der Waals surface area contributed by atoms with E-state index < -0.39 is 0 Å². The van der Waals surface area contributed by atoms with E-state index in [2.05, 4.69) is 12.2 Å². The average molecular weight is 292 g/mol. The van der Waals surface area contributed by atoms with E-state index >= 15 is 0 Å². The van der Waals surface area contributed by atoms with Crippen molar-refractivity contribution in [3.63, 3.8) is 0 Å². The lowest BCUT2D eigenvalue weighted by atomic mass is 9.66. The van der Waals surface area contributed by atoms with Gasteiger partial charge in [-0.05, 0) is 94.0 Å². The third-order valence-corrected chi connectivity index (χ3v) is 7.12. The fourth-order valence-electron chi connectivity index (χ4n) is 5.76. The van der Waals surface area contributed by atoms with E-state index in [-0.39, 0.29) is 0 Å². The molecule has 1 saturated heterocycles. The second-order valence-electron chi connectivity index (χ2n) is 8.33. The second-order valence-corrected chi connectivity index (χ2v) is 8.33. The minimum absolute atomic E-state index is 1.06. The Bertz CT molecular complexity index is 278. The van der Waals surface area contributed by atoms with Gasteiger partial charge in [0.2, 0.25) is 0 Å². The van der Waals surface area contributed by atoms with E-state index in [0.29, 0.717) is 0 Å². The van der Waals surface area contributed by atoms with Crippen molar-refractivity contribution >= 4 is 0 Å². The van der Waals surface area contributed by atoms with Gasteiger partial charge in [0, 0.05) is 0 Å². The first-order valence-corrected chi connectivity index (χ1v) is 10.1. The summed E-state index contributed by atoms with van der Waals surface area (Å²) >= 11 is 0. The smallest absolute Gasteiger partial charge is 0.00462 e. The summed E-state index contributed by atoms with van der Waals surface area (Å²) in [7, 11) is 0. The minimum atomic E-state index is 1.06. The molecule has 2 aliphatic carbocycles. The summed E-state index contributed by atoms with van der Waals surface area (Å²) < 4.78 is 0. The number of piperidine rings is 1. The molecule has 0 aromatic rings. The summed E-state index contributed by atoms with van der Waals surface area (Å²) in [5.41, 5.74) is 0. The van der Waals surface area contributed by atoms with Crippen LogP contribution in [0.2, 0.25) is 0 Å². The van der Waals surface area contributed by atoms with Crippen molar-refractivity contribution in [2.24, 2.45) is 29.6 Å². The van der Waals surface area contributed by atoms with Gasteiger partial charge in [-0.1, -0.05) is 32.6 Å². The Hall–Kier alpha value is -0.0400. The Morgan fingerprint density at radius 2 is 1.05 bits per heavy atom. The molecule has 0 spiro atoms. The summed E-state index contributed by atoms with van der Waals surface area (Å²) in [6.07, 6.45) is 18.3. The van der Waals surface area contributed by atoms with Crippen molar-refractivity contribution < 1.29 is 0 Å². The van der Waals surface area contributed by atoms with Crippen molar-refractivity contribution in [3.8, 4) is 0 Å². The van der Waals surface area contributed by atoms with Crippen LogP contribution in [-0.4, -0.2) is 13.1 Å². The van der Waals surface area contributed by atoms with Crippen LogP contribution in [0.4, 0.5) is 0 Å². The third kappa shape index (κ3) is 4.24. The zero-order chi connectivity index (χ0) is 14.5. The third-order valence-electron chi connectivity index (χ3n) is 7.12. The predicted molar refractivity (Wildman–Crippen MR) is 91.4 cm³/mol. The summed E-state index contributed by atoms with van der Waals surface area (Å²) in [4.78, 5) is 0. The fraction of sp³-hybridized carbons (Fsp3) is 1.00. The largest absolute Gasteiger partial charge is 0.317 e. The standard InChI is InChI=1S/C20H37N/c1-2-3-16-4-6-17(7-5-16)18-8-10-19(11-9-18)20-12-14-21-15-13-20/h16-21H,2-15H2,1H3. The number of rotatable bonds is 4. The maximum atomic E-state index is 3.53. The molecule has 1 nitrogen and oxygen atoms in total. The minimum Gasteiger partial charge on any atom is -0.317 e. The molecule has 122 valence electrons. The van der Waals surface area contributed by atoms with Gasteiger partial charge in [-0.2, -0.15) is 0 Å². The normalized spacial score (nSPS) is 39.3. The van der Waals surface area contributed by atoms with E-state index in [1.54, 1.807) is 51.4 Å². The van der Waals surface area contributed by atoms with Gasteiger partial charge in [0.15, 0.2) is 0 Å². The number of nitrogens with one attached hydrogen (secondary N) is 1. The highest BCUT2D eigenvalue weighted by molar-refractivity contribution is 4.85. The quantitative estimate of drug-likeness (QED) is 0.731. The van der Waals surface area contributed by atoms with Crippen LogP contribution in [0.15, 0.2) is 0 Å². The molecule has 1 heteroatoms. The lowest BCUT2D eigenvalue weighted by Crippen LogP contribution is -2.34. The van der Waals surface area contributed by atoms with Gasteiger partial charge in [-0.3, -0.25) is 0 Å². The van der Waals surface area contributed by atoms with Gasteiger partial charge in [0.1, 0.15) is 0 Å². The zero-order valence-electron chi connectivity index (χ0n) is 14.3. The van der Waals surface area contributed by atoms with Gasteiger partial charge < -0.3 is 5.32 Å². The lowest BCUT2D eigenvalue weighted by Gasteiger charge is -2.40. The van der Waals surface area contributed by atoms with E-state index in [4.69, 9.17) is 0 Å². The first kappa shape index (κ1) is 15.8. The van der Waals surface area contributed by atoms with Crippen LogP contribution in [0.5, 0.6) is 0 Å². The van der Waals surface area contributed by atoms with Crippen molar-refractivity contribution in [1.29, 1.82) is 0 Å². The fourth-order valence-corrected chi connectivity index (χ4v) is 5.76. The van der Waals surface area contributed by atoms with Crippen LogP contribution < -0.4 is 5.32 Å². The van der Waals surface area contributed by atoms with Crippen LogP contribution in [0.1, 0.15) is 84.0 Å². The maximum absolute atomic E-state index is 3.53. The maximum Gasteiger partial charge on any atom is -0.00462 e. The second kappa shape index (κ2) is 7.99. The molecule has 0 atom stereocenters. The van der Waals surface area contributed by atoms with Crippen molar-refractivity contribution in [2.45, 2.75) is 84.0 Å². The highest BCUT2D eigenvalue weighted by Gasteiger charge is 2.33. The van der Waals surface area contributed by atoms with Crippen LogP contribution >= 0.6 is 0 Å². The molecule has 1 aliphatic heterocycles. The molecule has 21 heavy (non-hydrogen) atoms. The van der Waals surface area contributed by atoms with Crippen LogP contribution in [0.3, 0.4) is 0 Å². The first-order chi connectivity index (χ1) is 10.4. The van der Waals surface area contributed by atoms with Crippen molar-refractivity contribution in [2.75, 3.05) is 13.1 Å². The molecular weight excluding hydrogens is 254 g/mol. The molecule has 0 unspecified atom stereocenters. The molecule has 0 amide bonds. The highest BCUT2D eigenvalue weighted by atomic mass is 14.9. The van der Waals surface area contributed by atoms with Gasteiger partial charge >= 0.3 is 0 Å². The Labute approximate surface area is 132 Å². The monoisotopic (exact) mass is 291 g/mol. The molecule has 0 radical (unpaired) electrons. The predicted octanol–water partition coefficient (Wildman–Crippen LogP) is 5.40. The van der Waals surface area contributed by atoms with Gasteiger partial charge in [-0.15, -0.1) is 0 Å². The first-order valence-electron chi connectivity index (χ1n) is 10.1. The van der Waals surface area contributed by atoms with E-state index in [0.717, 1.165) is 29.6 Å². The lowest BCUT2D eigenvalue weighted by molar-refractivity contribution is 0.113. The average Bonchev–Trinajstić information content (AvgIpc) is 2.57. The van der Waals surface area contributed by atoms with Crippen molar-refractivity contribution in [1.82, 2.24) is 5.32 Å². The Kier molecular flexibility index (Phi) is 6.03. The molecule has 0 bridgehead atoms. The Balaban J connectivity index is 1.39. The summed E-state index contributed by atoms with van der Waals surface area (Å²) in [6.45, 7) is 4.92. The molecule has 3 aliphatic rings. The molecule has 1 heterocycles. The Morgan fingerprint density at radius 3 is 1.52 bits per heavy atom. The summed E-state index contributed by atoms with van der Waals surface area (Å²) in [5, 5.41) is 3.53. The molecule has 0 aromatic carbocycles. The van der Waals surface area contributed by atoms with Crippen LogP contribution in [-0.2, 0) is 0 Å². The van der Waals surface area contributed by atoms with Gasteiger partial charge in [-0.25, -0.2) is 0 Å². The molecule has 0 aromatic heterocycles. The van der Waals surface area contributed by atoms with Gasteiger partial charge in [0.05, 0.1) is 0 Å². The van der Waals surface area contributed by atoms with E-state index in [1.807, 2.05) is 0 Å². The molecule has 1 N–H and O–H groups in total. The molecule has 3 fully saturated rings. The SMILES string of the molecule is CCCC1CCC(C2CCC(C3CCNCC3)CC2)CC1.